The lowest BCUT2D eigenvalue weighted by molar-refractivity contribution is -0.146. The smallest absolute Gasteiger partial charge is 0.315 e. The van der Waals surface area contributed by atoms with Gasteiger partial charge in [0.05, 0.1) is 26.7 Å². The van der Waals surface area contributed by atoms with Crippen LogP contribution in [-0.2, 0) is 9.53 Å². The third kappa shape index (κ3) is 4.11. The Morgan fingerprint density at radius 2 is 1.81 bits per heavy atom. The maximum Gasteiger partial charge on any atom is 0.315 e. The summed E-state index contributed by atoms with van der Waals surface area (Å²) in [5.41, 5.74) is 0.854. The molecule has 0 bridgehead atoms. The molecule has 0 saturated carbocycles. The van der Waals surface area contributed by atoms with E-state index in [9.17, 15) is 4.79 Å². The predicted octanol–water partition coefficient (Wildman–Crippen LogP) is 2.30. The zero-order chi connectivity index (χ0) is 16.0. The Bertz CT molecular complexity index is 473. The predicted molar refractivity (Wildman–Crippen MR) is 82.1 cm³/mol. The van der Waals surface area contributed by atoms with Crippen LogP contribution in [0.4, 0.5) is 0 Å². The van der Waals surface area contributed by atoms with Crippen LogP contribution in [0, 0.1) is 0 Å². The second-order valence-electron chi connectivity index (χ2n) is 5.05. The highest BCUT2D eigenvalue weighted by molar-refractivity contribution is 5.79. The maximum atomic E-state index is 12.3. The Labute approximate surface area is 126 Å². The molecule has 0 radical (unpaired) electrons. The van der Waals surface area contributed by atoms with E-state index in [2.05, 4.69) is 0 Å². The van der Waals surface area contributed by atoms with Crippen LogP contribution in [0.15, 0.2) is 18.2 Å². The summed E-state index contributed by atoms with van der Waals surface area (Å²) in [5.74, 6) is 0.641. The van der Waals surface area contributed by atoms with Crippen LogP contribution in [0.2, 0.25) is 0 Å². The van der Waals surface area contributed by atoms with Gasteiger partial charge in [0.25, 0.3) is 0 Å². The van der Waals surface area contributed by atoms with Crippen LogP contribution in [0.3, 0.4) is 0 Å². The van der Waals surface area contributed by atoms with E-state index >= 15 is 0 Å². The van der Waals surface area contributed by atoms with Crippen molar-refractivity contribution in [1.82, 2.24) is 4.90 Å². The fraction of sp³-hybridized carbons (Fsp3) is 0.562. The number of hydrogen-bond acceptors (Lipinski definition) is 5. The van der Waals surface area contributed by atoms with E-state index in [-0.39, 0.29) is 17.9 Å². The molecule has 0 aliphatic heterocycles. The summed E-state index contributed by atoms with van der Waals surface area (Å²) in [5, 5.41) is 0. The lowest BCUT2D eigenvalue weighted by Gasteiger charge is -2.28. The molecule has 0 heterocycles. The van der Waals surface area contributed by atoms with Crippen molar-refractivity contribution in [2.75, 3.05) is 34.9 Å². The van der Waals surface area contributed by atoms with Gasteiger partial charge < -0.3 is 19.1 Å². The molecule has 0 amide bonds. The Morgan fingerprint density at radius 1 is 1.19 bits per heavy atom. The van der Waals surface area contributed by atoms with Crippen molar-refractivity contribution >= 4 is 5.97 Å². The molecule has 21 heavy (non-hydrogen) atoms. The molecule has 0 N–H and O–H groups in total. The van der Waals surface area contributed by atoms with Gasteiger partial charge in [-0.1, -0.05) is 6.07 Å². The van der Waals surface area contributed by atoms with Crippen molar-refractivity contribution in [3.63, 3.8) is 0 Å². The third-order valence-electron chi connectivity index (χ3n) is 3.60. The largest absolute Gasteiger partial charge is 0.493 e. The molecule has 0 saturated heterocycles. The van der Waals surface area contributed by atoms with Gasteiger partial charge >= 0.3 is 5.97 Å². The van der Waals surface area contributed by atoms with E-state index in [4.69, 9.17) is 14.2 Å². The van der Waals surface area contributed by atoms with E-state index in [0.717, 1.165) is 5.56 Å². The minimum absolute atomic E-state index is 0.00199. The van der Waals surface area contributed by atoms with Crippen molar-refractivity contribution in [2.24, 2.45) is 0 Å². The highest BCUT2D eigenvalue weighted by Gasteiger charge is 2.30. The zero-order valence-corrected chi connectivity index (χ0v) is 13.7. The monoisotopic (exact) mass is 295 g/mol. The number of ether oxygens (including phenoxy) is 3. The lowest BCUT2D eigenvalue weighted by Crippen LogP contribution is -2.36. The summed E-state index contributed by atoms with van der Waals surface area (Å²) in [6, 6.07) is 5.52. The molecule has 0 fully saturated rings. The molecule has 1 aromatic carbocycles. The van der Waals surface area contributed by atoms with Crippen molar-refractivity contribution in [3.8, 4) is 11.5 Å². The number of benzene rings is 1. The van der Waals surface area contributed by atoms with Crippen LogP contribution in [0.1, 0.15) is 25.3 Å². The first-order valence-corrected chi connectivity index (χ1v) is 7.01. The van der Waals surface area contributed by atoms with Crippen molar-refractivity contribution < 1.29 is 19.0 Å². The van der Waals surface area contributed by atoms with E-state index < -0.39 is 0 Å². The van der Waals surface area contributed by atoms with Crippen molar-refractivity contribution in [1.29, 1.82) is 0 Å². The maximum absolute atomic E-state index is 12.3. The zero-order valence-electron chi connectivity index (χ0n) is 13.7. The van der Waals surface area contributed by atoms with Gasteiger partial charge in [0.2, 0.25) is 0 Å². The summed E-state index contributed by atoms with van der Waals surface area (Å²) in [6.45, 7) is 4.17. The Hall–Kier alpha value is -1.75. The number of rotatable bonds is 7. The molecule has 1 rings (SSSR count). The first-order chi connectivity index (χ1) is 9.96. The fourth-order valence-electron chi connectivity index (χ4n) is 2.19. The molecule has 5 heteroatoms. The van der Waals surface area contributed by atoms with Gasteiger partial charge in [0.1, 0.15) is 0 Å². The quantitative estimate of drug-likeness (QED) is 0.722. The topological polar surface area (TPSA) is 48.0 Å². The molecular weight excluding hydrogens is 270 g/mol. The molecule has 118 valence electrons. The molecule has 0 spiro atoms. The average molecular weight is 295 g/mol. The van der Waals surface area contributed by atoms with Gasteiger partial charge in [-0.05, 0) is 45.6 Å². The van der Waals surface area contributed by atoms with Gasteiger partial charge in [0.15, 0.2) is 11.5 Å². The van der Waals surface area contributed by atoms with Gasteiger partial charge in [-0.15, -0.1) is 0 Å². The summed E-state index contributed by atoms with van der Waals surface area (Å²) in [4.78, 5) is 14.3. The number of carbonyl (C=O) groups is 1. The van der Waals surface area contributed by atoms with Gasteiger partial charge in [-0.2, -0.15) is 0 Å². The number of likely N-dealkylation sites (N-methyl/N-ethyl adjacent to an activating group) is 1. The van der Waals surface area contributed by atoms with Crippen molar-refractivity contribution in [3.05, 3.63) is 23.8 Å². The number of hydrogen-bond donors (Lipinski definition) is 0. The number of nitrogens with zero attached hydrogens (tertiary/aromatic N) is 1. The standard InChI is InChI=1S/C16H25NO4/c1-7-21-16(18)15(11(2)17(3)4)12-8-9-13(19-5)14(10-12)20-6/h8-11,15H,7H2,1-6H3. The van der Waals surface area contributed by atoms with E-state index in [1.165, 1.54) is 0 Å². The minimum Gasteiger partial charge on any atom is -0.493 e. The highest BCUT2D eigenvalue weighted by Crippen LogP contribution is 2.33. The van der Waals surface area contributed by atoms with Crippen LogP contribution >= 0.6 is 0 Å². The van der Waals surface area contributed by atoms with Crippen LogP contribution < -0.4 is 9.47 Å². The summed E-state index contributed by atoms with van der Waals surface area (Å²) < 4.78 is 15.8. The van der Waals surface area contributed by atoms with Gasteiger partial charge in [-0.25, -0.2) is 0 Å². The number of carbonyl (C=O) groups excluding carboxylic acids is 1. The SMILES string of the molecule is CCOC(=O)C(c1ccc(OC)c(OC)c1)C(C)N(C)C. The first kappa shape index (κ1) is 17.3. The van der Waals surface area contributed by atoms with E-state index in [1.807, 2.05) is 51.0 Å². The molecule has 5 nitrogen and oxygen atoms in total. The molecule has 0 aromatic heterocycles. The van der Waals surface area contributed by atoms with Crippen molar-refractivity contribution in [2.45, 2.75) is 25.8 Å². The molecule has 0 aliphatic carbocycles. The number of methoxy groups -OCH3 is 2. The van der Waals surface area contributed by atoms with Crippen LogP contribution in [0.5, 0.6) is 11.5 Å². The van der Waals surface area contributed by atoms with E-state index in [0.29, 0.717) is 18.1 Å². The molecule has 1 aromatic rings. The molecule has 2 atom stereocenters. The highest BCUT2D eigenvalue weighted by atomic mass is 16.5. The summed E-state index contributed by atoms with van der Waals surface area (Å²) in [6.07, 6.45) is 0. The Kier molecular flexibility index (Phi) is 6.49. The Morgan fingerprint density at radius 3 is 2.29 bits per heavy atom. The summed E-state index contributed by atoms with van der Waals surface area (Å²) in [7, 11) is 7.05. The second-order valence-corrected chi connectivity index (χ2v) is 5.05. The normalized spacial score (nSPS) is 13.7. The van der Waals surface area contributed by atoms with Crippen LogP contribution in [-0.4, -0.2) is 51.8 Å². The first-order valence-electron chi connectivity index (χ1n) is 7.01. The minimum atomic E-state index is -0.375. The average Bonchev–Trinajstić information content (AvgIpc) is 2.47. The van der Waals surface area contributed by atoms with Gasteiger partial charge in [-0.3, -0.25) is 4.79 Å². The fourth-order valence-corrected chi connectivity index (χ4v) is 2.19. The molecule has 0 aliphatic rings. The van der Waals surface area contributed by atoms with Gasteiger partial charge in [0, 0.05) is 6.04 Å². The third-order valence-corrected chi connectivity index (χ3v) is 3.60. The lowest BCUT2D eigenvalue weighted by atomic mass is 9.91. The Balaban J connectivity index is 3.22. The molecule has 2 unspecified atom stereocenters. The summed E-state index contributed by atoms with van der Waals surface area (Å²) >= 11 is 0. The van der Waals surface area contributed by atoms with Crippen LogP contribution in [0.25, 0.3) is 0 Å². The number of esters is 1. The van der Waals surface area contributed by atoms with E-state index in [1.54, 1.807) is 14.2 Å². The second kappa shape index (κ2) is 7.88. The molecular formula is C16H25NO4.